The molecule has 0 unspecified atom stereocenters. The molecule has 6 aromatic rings. The quantitative estimate of drug-likeness (QED) is 0.145. The zero-order valence-electron chi connectivity index (χ0n) is 30.8. The van der Waals surface area contributed by atoms with Crippen molar-refractivity contribution in [3.05, 3.63) is 131 Å². The smallest absolute Gasteiger partial charge is 0.358 e. The van der Waals surface area contributed by atoms with Gasteiger partial charge in [-0.15, -0.1) is 0 Å². The van der Waals surface area contributed by atoms with Gasteiger partial charge in [0.05, 0.1) is 23.7 Å². The van der Waals surface area contributed by atoms with Crippen molar-refractivity contribution in [3.8, 4) is 22.6 Å². The van der Waals surface area contributed by atoms with Crippen LogP contribution in [0.2, 0.25) is 0 Å². The summed E-state index contributed by atoms with van der Waals surface area (Å²) in [6.45, 7) is 8.50. The summed E-state index contributed by atoms with van der Waals surface area (Å²) in [7, 11) is 1.37. The zero-order chi connectivity index (χ0) is 38.0. The fourth-order valence-electron chi connectivity index (χ4n) is 6.46. The van der Waals surface area contributed by atoms with Gasteiger partial charge in [-0.1, -0.05) is 59.9 Å². The summed E-state index contributed by atoms with van der Waals surface area (Å²) in [6.07, 6.45) is 0.873. The minimum absolute atomic E-state index is 0.174. The van der Waals surface area contributed by atoms with E-state index in [2.05, 4.69) is 21.3 Å². The maximum atomic E-state index is 13.9. The molecular weight excluding hydrogens is 701 g/mol. The molecule has 0 spiro atoms. The highest BCUT2D eigenvalue weighted by molar-refractivity contribution is 7.22. The van der Waals surface area contributed by atoms with Crippen molar-refractivity contribution < 1.29 is 28.6 Å². The Balaban J connectivity index is 1.18. The number of thiazole rings is 1. The molecule has 1 aliphatic rings. The van der Waals surface area contributed by atoms with Crippen LogP contribution in [0, 0.1) is 6.92 Å². The van der Waals surface area contributed by atoms with E-state index < -0.39 is 11.6 Å². The van der Waals surface area contributed by atoms with Gasteiger partial charge >= 0.3 is 11.9 Å². The van der Waals surface area contributed by atoms with Crippen LogP contribution in [0.1, 0.15) is 63.9 Å². The van der Waals surface area contributed by atoms with E-state index in [1.165, 1.54) is 18.4 Å². The molecule has 10 nitrogen and oxygen atoms in total. The van der Waals surface area contributed by atoms with Gasteiger partial charge in [0.2, 0.25) is 0 Å². The first-order valence-electron chi connectivity index (χ1n) is 17.7. The van der Waals surface area contributed by atoms with Crippen LogP contribution in [0.5, 0.6) is 11.5 Å². The number of hydrogen-bond donors (Lipinski definition) is 1. The van der Waals surface area contributed by atoms with Crippen molar-refractivity contribution in [2.75, 3.05) is 23.9 Å². The van der Waals surface area contributed by atoms with Gasteiger partial charge in [0.25, 0.3) is 5.91 Å². The third kappa shape index (κ3) is 7.96. The largest absolute Gasteiger partial charge is 0.469 e. The number of amides is 1. The summed E-state index contributed by atoms with van der Waals surface area (Å²) in [5, 5.41) is 3.55. The minimum atomic E-state index is -0.748. The van der Waals surface area contributed by atoms with Crippen LogP contribution < -0.4 is 15.0 Å². The third-order valence-corrected chi connectivity index (χ3v) is 10.1. The number of carbonyl (C=O) groups is 3. The van der Waals surface area contributed by atoms with E-state index in [9.17, 15) is 14.4 Å². The van der Waals surface area contributed by atoms with Gasteiger partial charge in [0, 0.05) is 24.2 Å². The van der Waals surface area contributed by atoms with Gasteiger partial charge in [0.1, 0.15) is 22.9 Å². The van der Waals surface area contributed by atoms with E-state index in [0.29, 0.717) is 53.1 Å². The molecule has 3 heterocycles. The molecule has 0 saturated heterocycles. The number of fused-ring (bicyclic) bond motifs is 2. The number of ether oxygens (including phenoxy) is 3. The van der Waals surface area contributed by atoms with Crippen LogP contribution >= 0.6 is 11.3 Å². The van der Waals surface area contributed by atoms with E-state index in [4.69, 9.17) is 19.2 Å². The maximum absolute atomic E-state index is 13.9. The van der Waals surface area contributed by atoms with Crippen LogP contribution in [0.25, 0.3) is 21.3 Å². The predicted molar refractivity (Wildman–Crippen MR) is 211 cm³/mol. The number of aromatic nitrogens is 2. The Morgan fingerprint density at radius 1 is 0.870 bits per heavy atom. The molecule has 0 atom stereocenters. The Kier molecular flexibility index (Phi) is 10.2. The molecule has 0 fully saturated rings. The number of para-hydroxylation sites is 1. The van der Waals surface area contributed by atoms with E-state index in [1.807, 2.05) is 107 Å². The van der Waals surface area contributed by atoms with Gasteiger partial charge < -0.3 is 19.1 Å². The van der Waals surface area contributed by atoms with Crippen molar-refractivity contribution in [2.24, 2.45) is 0 Å². The molecule has 1 aliphatic heterocycles. The van der Waals surface area contributed by atoms with Gasteiger partial charge in [-0.25, -0.2) is 14.8 Å². The Bertz CT molecular complexity index is 2350. The van der Waals surface area contributed by atoms with E-state index in [1.54, 1.807) is 12.1 Å². The molecule has 54 heavy (non-hydrogen) atoms. The highest BCUT2D eigenvalue weighted by atomic mass is 32.1. The SMILES string of the molecule is COC(=O)Cc1ccc(Oc2cccc(-c3ccc(N4CCc5cccc(C(=O)Nc6nc7ccccc7s6)c5C4)nc3C(=O)OC(C)(C)C)c2C)cc1. The molecule has 1 N–H and O–H groups in total. The first-order valence-corrected chi connectivity index (χ1v) is 18.5. The molecule has 1 amide bonds. The molecule has 7 rings (SSSR count). The minimum Gasteiger partial charge on any atom is -0.469 e. The molecule has 2 aromatic heterocycles. The van der Waals surface area contributed by atoms with Crippen molar-refractivity contribution >= 4 is 50.3 Å². The van der Waals surface area contributed by atoms with Crippen LogP contribution in [0.15, 0.2) is 97.1 Å². The molecule has 11 heteroatoms. The number of esters is 2. The van der Waals surface area contributed by atoms with E-state index >= 15 is 0 Å². The molecule has 0 saturated carbocycles. The lowest BCUT2D eigenvalue weighted by atomic mass is 9.94. The van der Waals surface area contributed by atoms with Gasteiger partial charge in [-0.3, -0.25) is 14.9 Å². The number of rotatable bonds is 9. The summed E-state index contributed by atoms with van der Waals surface area (Å²) in [5.41, 5.74) is 5.86. The second-order valence-corrected chi connectivity index (χ2v) is 15.1. The topological polar surface area (TPSA) is 120 Å². The number of methoxy groups -OCH3 is 1. The Morgan fingerprint density at radius 2 is 1.65 bits per heavy atom. The second-order valence-electron chi connectivity index (χ2n) is 14.1. The van der Waals surface area contributed by atoms with Gasteiger partial charge in [-0.2, -0.15) is 0 Å². The number of nitrogens with one attached hydrogen (secondary N) is 1. The van der Waals surface area contributed by atoms with Crippen LogP contribution in [0.4, 0.5) is 10.9 Å². The molecule has 4 aromatic carbocycles. The highest BCUT2D eigenvalue weighted by Gasteiger charge is 2.28. The summed E-state index contributed by atoms with van der Waals surface area (Å²) < 4.78 is 17.9. The first kappa shape index (κ1) is 36.3. The molecule has 274 valence electrons. The average Bonchev–Trinajstić information content (AvgIpc) is 3.57. The summed E-state index contributed by atoms with van der Waals surface area (Å²) >= 11 is 1.44. The number of anilines is 2. The fourth-order valence-corrected chi connectivity index (χ4v) is 7.32. The number of carbonyl (C=O) groups excluding carboxylic acids is 3. The Hall–Kier alpha value is -6.07. The standard InChI is InChI=1S/C43H40N4O6S/c1-26-30(11-9-14-35(26)52-29-18-16-27(17-19-29)24-38(48)51-5)31-20-21-37(45-39(31)41(50)53-43(2,3)4)47-23-22-28-10-8-12-32(33(28)25-47)40(49)46-42-44-34-13-6-7-15-36(34)54-42/h6-21H,22-25H2,1-5H3,(H,44,46,49). The number of nitrogens with zero attached hydrogens (tertiary/aromatic N) is 3. The molecular formula is C43H40N4O6S. The third-order valence-electron chi connectivity index (χ3n) is 9.13. The lowest BCUT2D eigenvalue weighted by Crippen LogP contribution is -2.33. The fraction of sp³-hybridized carbons (Fsp3) is 0.233. The lowest BCUT2D eigenvalue weighted by molar-refractivity contribution is -0.139. The molecule has 0 radical (unpaired) electrons. The van der Waals surface area contributed by atoms with Gasteiger partial charge in [-0.05, 0) is 110 Å². The second kappa shape index (κ2) is 15.1. The van der Waals surface area contributed by atoms with Crippen molar-refractivity contribution in [3.63, 3.8) is 0 Å². The van der Waals surface area contributed by atoms with Crippen LogP contribution in [-0.2, 0) is 33.7 Å². The van der Waals surface area contributed by atoms with Crippen molar-refractivity contribution in [1.29, 1.82) is 0 Å². The van der Waals surface area contributed by atoms with Crippen molar-refractivity contribution in [1.82, 2.24) is 9.97 Å². The lowest BCUT2D eigenvalue weighted by Gasteiger charge is -2.31. The predicted octanol–water partition coefficient (Wildman–Crippen LogP) is 8.94. The normalized spacial score (nSPS) is 12.6. The zero-order valence-corrected chi connectivity index (χ0v) is 31.6. The highest BCUT2D eigenvalue weighted by Crippen LogP contribution is 2.37. The Morgan fingerprint density at radius 3 is 2.41 bits per heavy atom. The van der Waals surface area contributed by atoms with E-state index in [-0.39, 0.29) is 24.0 Å². The molecule has 0 aliphatic carbocycles. The summed E-state index contributed by atoms with van der Waals surface area (Å²) in [4.78, 5) is 50.8. The summed E-state index contributed by atoms with van der Waals surface area (Å²) in [5.74, 6) is 0.731. The summed E-state index contributed by atoms with van der Waals surface area (Å²) in [6, 6.07) is 30.3. The van der Waals surface area contributed by atoms with Gasteiger partial charge in [0.15, 0.2) is 10.8 Å². The number of hydrogen-bond acceptors (Lipinski definition) is 10. The number of pyridine rings is 1. The number of benzene rings is 4. The first-order chi connectivity index (χ1) is 26.0. The van der Waals surface area contributed by atoms with Crippen molar-refractivity contribution in [2.45, 2.75) is 52.7 Å². The monoisotopic (exact) mass is 740 g/mol. The average molecular weight is 741 g/mol. The van der Waals surface area contributed by atoms with E-state index in [0.717, 1.165) is 38.0 Å². The van der Waals surface area contributed by atoms with Crippen LogP contribution in [0.3, 0.4) is 0 Å². The van der Waals surface area contributed by atoms with Crippen LogP contribution in [-0.4, -0.2) is 47.1 Å². The Labute approximate surface area is 317 Å². The maximum Gasteiger partial charge on any atom is 0.358 e. The molecule has 0 bridgehead atoms.